The molecule has 0 saturated heterocycles. The lowest BCUT2D eigenvalue weighted by Crippen LogP contribution is -2.36. The van der Waals surface area contributed by atoms with Gasteiger partial charge in [0.25, 0.3) is 0 Å². The highest BCUT2D eigenvalue weighted by atomic mass is 32.1. The summed E-state index contributed by atoms with van der Waals surface area (Å²) in [6, 6.07) is 7.98. The van der Waals surface area contributed by atoms with Crippen molar-refractivity contribution in [3.8, 4) is 0 Å². The van der Waals surface area contributed by atoms with Gasteiger partial charge in [-0.15, -0.1) is 0 Å². The summed E-state index contributed by atoms with van der Waals surface area (Å²) in [4.78, 5) is 11.9. The number of aromatic nitrogens is 2. The molecule has 0 aliphatic heterocycles. The molecule has 0 bridgehead atoms. The molecular weight excluding hydrogens is 376 g/mol. The third kappa shape index (κ3) is 3.35. The second kappa shape index (κ2) is 7.63. The zero-order valence-corrected chi connectivity index (χ0v) is 16.6. The molecule has 1 amide bonds. The number of rotatable bonds is 5. The summed E-state index contributed by atoms with van der Waals surface area (Å²) in [5.74, 6) is 0.141. The van der Waals surface area contributed by atoms with Gasteiger partial charge in [0.15, 0.2) is 0 Å². The first-order valence-electron chi connectivity index (χ1n) is 9.20. The molecule has 1 aliphatic rings. The number of carbonyl (C=O) groups excluding carboxylic acids is 1. The number of benzene rings is 1. The molecule has 146 valence electrons. The van der Waals surface area contributed by atoms with Crippen molar-refractivity contribution in [2.24, 2.45) is 0 Å². The van der Waals surface area contributed by atoms with Crippen LogP contribution in [0.1, 0.15) is 29.4 Å². The molecular formula is C20H22N4O3S. The van der Waals surface area contributed by atoms with Crippen molar-refractivity contribution in [1.29, 1.82) is 5.41 Å². The lowest BCUT2D eigenvalue weighted by atomic mass is 10.1. The molecule has 1 atom stereocenters. The van der Waals surface area contributed by atoms with Gasteiger partial charge in [0.2, 0.25) is 5.90 Å². The summed E-state index contributed by atoms with van der Waals surface area (Å²) in [5, 5.41) is 14.0. The van der Waals surface area contributed by atoms with Crippen molar-refractivity contribution < 1.29 is 14.3 Å². The van der Waals surface area contributed by atoms with Gasteiger partial charge in [0.05, 0.1) is 26.0 Å². The molecule has 8 heteroatoms. The fraction of sp³-hybridized carbons (Fsp3) is 0.350. The van der Waals surface area contributed by atoms with E-state index < -0.39 is 0 Å². The van der Waals surface area contributed by atoms with Crippen molar-refractivity contribution in [2.75, 3.05) is 13.7 Å². The first-order valence-corrected chi connectivity index (χ1v) is 10.0. The second-order valence-electron chi connectivity index (χ2n) is 6.74. The second-order valence-corrected chi connectivity index (χ2v) is 7.40. The van der Waals surface area contributed by atoms with E-state index in [9.17, 15) is 4.79 Å². The van der Waals surface area contributed by atoms with Gasteiger partial charge < -0.3 is 19.4 Å². The quantitative estimate of drug-likeness (QED) is 0.510. The molecule has 2 aromatic heterocycles. The Morgan fingerprint density at radius 2 is 2.25 bits per heavy atom. The number of fused-ring (bicyclic) bond motifs is 3. The van der Waals surface area contributed by atoms with E-state index in [4.69, 9.17) is 14.9 Å². The summed E-state index contributed by atoms with van der Waals surface area (Å²) < 4.78 is 16.9. The van der Waals surface area contributed by atoms with Crippen LogP contribution in [0, 0.1) is 5.41 Å². The van der Waals surface area contributed by atoms with Crippen LogP contribution in [0.15, 0.2) is 29.6 Å². The molecule has 0 unspecified atom stereocenters. The molecule has 28 heavy (non-hydrogen) atoms. The summed E-state index contributed by atoms with van der Waals surface area (Å²) in [5.41, 5.74) is 5.27. The fourth-order valence-corrected chi connectivity index (χ4v) is 4.39. The van der Waals surface area contributed by atoms with Gasteiger partial charge in [-0.3, -0.25) is 5.41 Å². The molecule has 0 radical (unpaired) electrons. The Hall–Kier alpha value is -2.87. The van der Waals surface area contributed by atoms with E-state index in [-0.39, 0.29) is 18.0 Å². The number of alkyl carbamates (subject to hydrolysis) is 1. The minimum Gasteiger partial charge on any atom is -0.481 e. The van der Waals surface area contributed by atoms with Crippen LogP contribution in [-0.4, -0.2) is 40.7 Å². The predicted octanol–water partition coefficient (Wildman–Crippen LogP) is 3.33. The Bertz CT molecular complexity index is 1030. The minimum absolute atomic E-state index is 0.000617. The van der Waals surface area contributed by atoms with Crippen LogP contribution in [0.25, 0.3) is 10.9 Å². The molecule has 4 rings (SSSR count). The first-order chi connectivity index (χ1) is 13.6. The summed E-state index contributed by atoms with van der Waals surface area (Å²) in [7, 11) is 1.50. The van der Waals surface area contributed by atoms with E-state index in [1.165, 1.54) is 29.9 Å². The van der Waals surface area contributed by atoms with E-state index >= 15 is 0 Å². The van der Waals surface area contributed by atoms with E-state index in [0.29, 0.717) is 13.2 Å². The van der Waals surface area contributed by atoms with E-state index in [1.54, 1.807) is 6.92 Å². The number of hydrogen-bond acceptors (Lipinski definition) is 6. The molecule has 0 spiro atoms. The van der Waals surface area contributed by atoms with Crippen molar-refractivity contribution >= 4 is 34.4 Å². The van der Waals surface area contributed by atoms with E-state index in [2.05, 4.69) is 14.3 Å². The van der Waals surface area contributed by atoms with E-state index in [1.807, 2.05) is 29.6 Å². The third-order valence-corrected chi connectivity index (χ3v) is 5.65. The normalized spacial score (nSPS) is 15.4. The average molecular weight is 398 g/mol. The lowest BCUT2D eigenvalue weighted by molar-refractivity contribution is 0.148. The molecule has 3 aromatic rings. The molecule has 7 nitrogen and oxygen atoms in total. The molecule has 1 aromatic carbocycles. The largest absolute Gasteiger partial charge is 0.481 e. The number of hydrogen-bond donors (Lipinski definition) is 2. The maximum absolute atomic E-state index is 11.9. The molecule has 1 aliphatic carbocycles. The van der Waals surface area contributed by atoms with Gasteiger partial charge in [-0.2, -0.15) is 4.37 Å². The number of nitrogens with one attached hydrogen (secondary N) is 2. The van der Waals surface area contributed by atoms with Crippen LogP contribution in [0.2, 0.25) is 0 Å². The van der Waals surface area contributed by atoms with Crippen LogP contribution in [0.5, 0.6) is 0 Å². The fourth-order valence-electron chi connectivity index (χ4n) is 3.85. The maximum Gasteiger partial charge on any atom is 0.407 e. The lowest BCUT2D eigenvalue weighted by Gasteiger charge is -2.14. The molecule has 2 heterocycles. The Balaban J connectivity index is 1.73. The van der Waals surface area contributed by atoms with Gasteiger partial charge in [-0.25, -0.2) is 4.79 Å². The SMILES string of the molecule is CCOC(=O)N[C@H]1Cc2c(n(Cc3ccsn3)c3ccc(C(=N)OC)cc23)C1. The zero-order chi connectivity index (χ0) is 19.7. The number of ether oxygens (including phenoxy) is 2. The summed E-state index contributed by atoms with van der Waals surface area (Å²) in [6.07, 6.45) is 1.09. The predicted molar refractivity (Wildman–Crippen MR) is 108 cm³/mol. The van der Waals surface area contributed by atoms with Crippen LogP contribution in [0.3, 0.4) is 0 Å². The highest BCUT2D eigenvalue weighted by Crippen LogP contribution is 2.34. The van der Waals surface area contributed by atoms with Crippen LogP contribution in [-0.2, 0) is 28.9 Å². The van der Waals surface area contributed by atoms with Gasteiger partial charge >= 0.3 is 6.09 Å². The molecule has 0 fully saturated rings. The van der Waals surface area contributed by atoms with E-state index in [0.717, 1.165) is 35.0 Å². The van der Waals surface area contributed by atoms with Gasteiger partial charge in [-0.05, 0) is 54.7 Å². The van der Waals surface area contributed by atoms with Crippen molar-refractivity contribution in [3.05, 3.63) is 52.2 Å². The van der Waals surface area contributed by atoms with Crippen molar-refractivity contribution in [2.45, 2.75) is 32.4 Å². The summed E-state index contributed by atoms with van der Waals surface area (Å²) in [6.45, 7) is 2.83. The highest BCUT2D eigenvalue weighted by Gasteiger charge is 2.30. The van der Waals surface area contributed by atoms with Crippen LogP contribution in [0.4, 0.5) is 4.79 Å². The Morgan fingerprint density at radius 1 is 1.39 bits per heavy atom. The Morgan fingerprint density at radius 3 is 2.96 bits per heavy atom. The molecule has 0 saturated carbocycles. The third-order valence-electron chi connectivity index (χ3n) is 5.05. The van der Waals surface area contributed by atoms with Crippen LogP contribution >= 0.6 is 11.5 Å². The smallest absolute Gasteiger partial charge is 0.407 e. The molecule has 2 N–H and O–H groups in total. The maximum atomic E-state index is 11.9. The zero-order valence-electron chi connectivity index (χ0n) is 15.8. The number of amides is 1. The highest BCUT2D eigenvalue weighted by molar-refractivity contribution is 7.03. The monoisotopic (exact) mass is 398 g/mol. The number of methoxy groups -OCH3 is 1. The van der Waals surface area contributed by atoms with Crippen LogP contribution < -0.4 is 5.32 Å². The number of nitrogens with zero attached hydrogens (tertiary/aromatic N) is 2. The first kappa shape index (κ1) is 18.5. The van der Waals surface area contributed by atoms with Crippen molar-refractivity contribution in [1.82, 2.24) is 14.3 Å². The van der Waals surface area contributed by atoms with Crippen molar-refractivity contribution in [3.63, 3.8) is 0 Å². The Labute approximate surface area is 166 Å². The van der Waals surface area contributed by atoms with Gasteiger partial charge in [-0.1, -0.05) is 0 Å². The Kier molecular flexibility index (Phi) is 5.04. The number of carbonyl (C=O) groups is 1. The average Bonchev–Trinajstić information content (AvgIpc) is 3.39. The minimum atomic E-state index is -0.380. The summed E-state index contributed by atoms with van der Waals surface area (Å²) >= 11 is 1.44. The van der Waals surface area contributed by atoms with Gasteiger partial charge in [0.1, 0.15) is 0 Å². The van der Waals surface area contributed by atoms with Gasteiger partial charge in [0, 0.05) is 40.0 Å². The standard InChI is InChI=1S/C20H22N4O3S/c1-3-27-20(25)22-14-9-16-15-8-12(19(21)26-2)4-5-17(15)24(18(16)10-14)11-13-6-7-28-23-13/h4-8,14,21H,3,9-11H2,1-2H3,(H,22,25)/t14-/m0/s1. The topological polar surface area (TPSA) is 89.2 Å².